The van der Waals surface area contributed by atoms with Gasteiger partial charge in [0.05, 0.1) is 31.2 Å². The second-order valence-corrected chi connectivity index (χ2v) is 7.19. The largest absolute Gasteiger partial charge is 0.490 e. The topological polar surface area (TPSA) is 109 Å². The molecule has 0 aliphatic heterocycles. The number of anilines is 1. The molecule has 1 amide bonds. The van der Waals surface area contributed by atoms with Crippen molar-refractivity contribution in [2.75, 3.05) is 25.1 Å². The average Bonchev–Trinajstić information content (AvgIpc) is 2.81. The maximum Gasteiger partial charge on any atom is 0.360 e. The second-order valence-electron chi connectivity index (χ2n) is 7.19. The van der Waals surface area contributed by atoms with E-state index in [9.17, 15) is 14.4 Å². The lowest BCUT2D eigenvalue weighted by atomic mass is 10.1. The number of rotatable bonds is 9. The van der Waals surface area contributed by atoms with Crippen molar-refractivity contribution < 1.29 is 23.8 Å². The molecular formula is C25H27N3O6. The Bertz CT molecular complexity index is 1230. The van der Waals surface area contributed by atoms with Gasteiger partial charge in [-0.2, -0.15) is 9.78 Å². The van der Waals surface area contributed by atoms with Crippen LogP contribution < -0.4 is 20.3 Å². The van der Waals surface area contributed by atoms with Gasteiger partial charge in [-0.15, -0.1) is 0 Å². The minimum absolute atomic E-state index is 0.0522. The van der Waals surface area contributed by atoms with E-state index in [4.69, 9.17) is 14.2 Å². The maximum atomic E-state index is 13.0. The lowest BCUT2D eigenvalue weighted by Gasteiger charge is -2.14. The van der Waals surface area contributed by atoms with Gasteiger partial charge in [-0.25, -0.2) is 4.79 Å². The summed E-state index contributed by atoms with van der Waals surface area (Å²) in [5, 5.41) is 6.80. The third-order valence-corrected chi connectivity index (χ3v) is 4.73. The van der Waals surface area contributed by atoms with Crippen molar-refractivity contribution in [3.8, 4) is 17.2 Å². The minimum Gasteiger partial charge on any atom is -0.490 e. The molecule has 1 aromatic heterocycles. The quantitative estimate of drug-likeness (QED) is 0.479. The molecule has 0 bridgehead atoms. The Kier molecular flexibility index (Phi) is 8.02. The zero-order valence-corrected chi connectivity index (χ0v) is 19.6. The summed E-state index contributed by atoms with van der Waals surface area (Å²) >= 11 is 0. The molecule has 0 saturated heterocycles. The Morgan fingerprint density at radius 3 is 2.24 bits per heavy atom. The number of carbonyl (C=O) groups excluding carboxylic acids is 2. The van der Waals surface area contributed by atoms with Crippen LogP contribution in [-0.4, -0.2) is 41.5 Å². The van der Waals surface area contributed by atoms with Crippen molar-refractivity contribution >= 4 is 17.6 Å². The minimum atomic E-state index is -0.764. The van der Waals surface area contributed by atoms with Crippen LogP contribution in [0.25, 0.3) is 5.69 Å². The Hall–Kier alpha value is -4.14. The SMILES string of the molecule is CCOC(=O)c1nn(-c2ccc(C)cc2)c(=O)cc1NC(=O)c1ccc(OCC)c(OCC)c1. The highest BCUT2D eigenvalue weighted by molar-refractivity contribution is 6.07. The zero-order valence-electron chi connectivity index (χ0n) is 19.6. The molecule has 178 valence electrons. The standard InChI is InChI=1S/C25H27N3O6/c1-5-32-20-13-10-17(14-21(20)33-6-2)24(30)26-19-15-22(29)28(18-11-8-16(4)9-12-18)27-23(19)25(31)34-7-3/h8-15H,5-7H2,1-4H3,(H,26,30). The highest BCUT2D eigenvalue weighted by atomic mass is 16.5. The van der Waals surface area contributed by atoms with Crippen LogP contribution in [-0.2, 0) is 4.74 Å². The van der Waals surface area contributed by atoms with E-state index >= 15 is 0 Å². The van der Waals surface area contributed by atoms with Gasteiger partial charge in [-0.1, -0.05) is 17.7 Å². The van der Waals surface area contributed by atoms with Gasteiger partial charge in [0.15, 0.2) is 17.2 Å². The van der Waals surface area contributed by atoms with Crippen LogP contribution in [0.15, 0.2) is 53.3 Å². The van der Waals surface area contributed by atoms with E-state index in [-0.39, 0.29) is 23.6 Å². The number of aromatic nitrogens is 2. The molecule has 1 heterocycles. The van der Waals surface area contributed by atoms with Crippen molar-refractivity contribution in [3.63, 3.8) is 0 Å². The molecule has 0 saturated carbocycles. The molecule has 1 N–H and O–H groups in total. The fourth-order valence-corrected chi connectivity index (χ4v) is 3.16. The van der Waals surface area contributed by atoms with Crippen molar-refractivity contribution in [3.05, 3.63) is 75.7 Å². The van der Waals surface area contributed by atoms with Gasteiger partial charge in [0.2, 0.25) is 0 Å². The molecular weight excluding hydrogens is 438 g/mol. The van der Waals surface area contributed by atoms with Gasteiger partial charge in [-0.3, -0.25) is 9.59 Å². The molecule has 0 spiro atoms. The first-order valence-electron chi connectivity index (χ1n) is 11.0. The molecule has 9 heteroatoms. The molecule has 0 aliphatic rings. The van der Waals surface area contributed by atoms with Crippen molar-refractivity contribution in [2.24, 2.45) is 0 Å². The molecule has 3 rings (SSSR count). The number of amides is 1. The number of ether oxygens (including phenoxy) is 3. The van der Waals surface area contributed by atoms with Crippen molar-refractivity contribution in [1.29, 1.82) is 0 Å². The number of aryl methyl sites for hydroxylation is 1. The molecule has 0 fully saturated rings. The predicted octanol–water partition coefficient (Wildman–Crippen LogP) is 3.77. The average molecular weight is 466 g/mol. The molecule has 0 radical (unpaired) electrons. The Morgan fingerprint density at radius 2 is 1.59 bits per heavy atom. The summed E-state index contributed by atoms with van der Waals surface area (Å²) in [5.41, 5.74) is 0.980. The summed E-state index contributed by atoms with van der Waals surface area (Å²) in [7, 11) is 0. The number of hydrogen-bond donors (Lipinski definition) is 1. The number of benzene rings is 2. The molecule has 34 heavy (non-hydrogen) atoms. The Morgan fingerprint density at radius 1 is 0.912 bits per heavy atom. The molecule has 0 unspecified atom stereocenters. The van der Waals surface area contributed by atoms with E-state index in [0.29, 0.717) is 30.4 Å². The number of hydrogen-bond acceptors (Lipinski definition) is 7. The van der Waals surface area contributed by atoms with Crippen LogP contribution in [0.2, 0.25) is 0 Å². The fraction of sp³-hybridized carbons (Fsp3) is 0.280. The zero-order chi connectivity index (χ0) is 24.7. The van der Waals surface area contributed by atoms with Crippen LogP contribution in [0.4, 0.5) is 5.69 Å². The van der Waals surface area contributed by atoms with E-state index in [1.165, 1.54) is 6.07 Å². The van der Waals surface area contributed by atoms with Crippen LogP contribution in [0.1, 0.15) is 47.2 Å². The lowest BCUT2D eigenvalue weighted by Crippen LogP contribution is -2.27. The lowest BCUT2D eigenvalue weighted by molar-refractivity contribution is 0.0518. The summed E-state index contributed by atoms with van der Waals surface area (Å²) in [6, 6.07) is 13.0. The van der Waals surface area contributed by atoms with Gasteiger partial charge in [0.1, 0.15) is 0 Å². The highest BCUT2D eigenvalue weighted by Crippen LogP contribution is 2.29. The van der Waals surface area contributed by atoms with E-state index < -0.39 is 17.4 Å². The van der Waals surface area contributed by atoms with Crippen LogP contribution in [0, 0.1) is 6.92 Å². The number of nitrogens with one attached hydrogen (secondary N) is 1. The van der Waals surface area contributed by atoms with Gasteiger partial charge in [-0.05, 0) is 58.0 Å². The smallest absolute Gasteiger partial charge is 0.360 e. The maximum absolute atomic E-state index is 13.0. The third-order valence-electron chi connectivity index (χ3n) is 4.73. The Balaban J connectivity index is 2.00. The highest BCUT2D eigenvalue weighted by Gasteiger charge is 2.21. The van der Waals surface area contributed by atoms with Crippen molar-refractivity contribution in [1.82, 2.24) is 9.78 Å². The normalized spacial score (nSPS) is 10.5. The second kappa shape index (κ2) is 11.1. The van der Waals surface area contributed by atoms with E-state index in [2.05, 4.69) is 10.4 Å². The molecule has 0 aliphatic carbocycles. The fourth-order valence-electron chi connectivity index (χ4n) is 3.16. The van der Waals surface area contributed by atoms with Gasteiger partial charge >= 0.3 is 5.97 Å². The van der Waals surface area contributed by atoms with Gasteiger partial charge in [0.25, 0.3) is 11.5 Å². The third kappa shape index (κ3) is 5.61. The monoisotopic (exact) mass is 465 g/mol. The number of esters is 1. The summed E-state index contributed by atoms with van der Waals surface area (Å²) in [5.74, 6) is -0.393. The van der Waals surface area contributed by atoms with E-state index in [1.54, 1.807) is 31.2 Å². The summed E-state index contributed by atoms with van der Waals surface area (Å²) in [6.45, 7) is 8.18. The molecule has 2 aromatic carbocycles. The summed E-state index contributed by atoms with van der Waals surface area (Å²) in [4.78, 5) is 38.4. The summed E-state index contributed by atoms with van der Waals surface area (Å²) in [6.07, 6.45) is 0. The van der Waals surface area contributed by atoms with E-state index in [0.717, 1.165) is 16.3 Å². The number of carbonyl (C=O) groups is 2. The van der Waals surface area contributed by atoms with E-state index in [1.807, 2.05) is 32.9 Å². The Labute approximate surface area is 197 Å². The molecule has 0 atom stereocenters. The van der Waals surface area contributed by atoms with Crippen LogP contribution >= 0.6 is 0 Å². The molecule has 3 aromatic rings. The number of nitrogens with zero attached hydrogens (tertiary/aromatic N) is 2. The van der Waals surface area contributed by atoms with Crippen LogP contribution in [0.5, 0.6) is 11.5 Å². The predicted molar refractivity (Wildman–Crippen MR) is 127 cm³/mol. The van der Waals surface area contributed by atoms with Gasteiger partial charge < -0.3 is 19.5 Å². The summed E-state index contributed by atoms with van der Waals surface area (Å²) < 4.78 is 17.3. The van der Waals surface area contributed by atoms with Crippen LogP contribution in [0.3, 0.4) is 0 Å². The molecule has 9 nitrogen and oxygen atoms in total. The van der Waals surface area contributed by atoms with Gasteiger partial charge in [0, 0.05) is 11.6 Å². The first-order chi connectivity index (χ1) is 16.4. The first kappa shape index (κ1) is 24.5. The van der Waals surface area contributed by atoms with Crippen molar-refractivity contribution in [2.45, 2.75) is 27.7 Å². The first-order valence-corrected chi connectivity index (χ1v) is 11.0.